The third-order valence-electron chi connectivity index (χ3n) is 7.41. The fourth-order valence-corrected chi connectivity index (χ4v) is 4.98. The zero-order chi connectivity index (χ0) is 27.1. The SMILES string of the molecule is O=C(Nc1cccc(-n2ncc3c(=O)n(CC4(O)CCN(C(=O)C5CC5)CC4)cnc32)c1)c1ccc(F)cc1. The Bertz CT molecular complexity index is 1620. The summed E-state index contributed by atoms with van der Waals surface area (Å²) in [6, 6.07) is 12.2. The van der Waals surface area contributed by atoms with Gasteiger partial charge in [0.1, 0.15) is 17.5 Å². The van der Waals surface area contributed by atoms with Crippen molar-refractivity contribution in [1.82, 2.24) is 24.2 Å². The van der Waals surface area contributed by atoms with Crippen LogP contribution in [0.3, 0.4) is 0 Å². The minimum atomic E-state index is -1.10. The number of aliphatic hydroxyl groups is 1. The zero-order valence-electron chi connectivity index (χ0n) is 21.1. The van der Waals surface area contributed by atoms with E-state index in [1.54, 1.807) is 24.3 Å². The third kappa shape index (κ3) is 5.05. The van der Waals surface area contributed by atoms with Crippen molar-refractivity contribution in [2.24, 2.45) is 5.92 Å². The van der Waals surface area contributed by atoms with E-state index in [2.05, 4.69) is 15.4 Å². The largest absolute Gasteiger partial charge is 0.388 e. The number of hydrogen-bond acceptors (Lipinski definition) is 6. The van der Waals surface area contributed by atoms with Gasteiger partial charge in [0.15, 0.2) is 5.65 Å². The summed E-state index contributed by atoms with van der Waals surface area (Å²) in [7, 11) is 0. The second kappa shape index (κ2) is 9.73. The molecule has 2 aromatic heterocycles. The van der Waals surface area contributed by atoms with Gasteiger partial charge in [-0.2, -0.15) is 5.10 Å². The second-order valence-corrected chi connectivity index (χ2v) is 10.3. The predicted octanol–water partition coefficient (Wildman–Crippen LogP) is 2.74. The van der Waals surface area contributed by atoms with Crippen molar-refractivity contribution in [2.75, 3.05) is 18.4 Å². The first kappa shape index (κ1) is 24.9. The summed E-state index contributed by atoms with van der Waals surface area (Å²) >= 11 is 0. The number of halogens is 1. The van der Waals surface area contributed by atoms with Crippen molar-refractivity contribution in [3.8, 4) is 5.69 Å². The minimum absolute atomic E-state index is 0.0797. The van der Waals surface area contributed by atoms with E-state index in [1.807, 2.05) is 4.90 Å². The molecule has 3 heterocycles. The van der Waals surface area contributed by atoms with Crippen molar-refractivity contribution >= 4 is 28.5 Å². The minimum Gasteiger partial charge on any atom is -0.388 e. The van der Waals surface area contributed by atoms with E-state index >= 15 is 0 Å². The molecule has 0 spiro atoms. The number of carbonyl (C=O) groups is 2. The number of piperidine rings is 1. The zero-order valence-corrected chi connectivity index (χ0v) is 21.1. The molecule has 6 rings (SSSR count). The summed E-state index contributed by atoms with van der Waals surface area (Å²) in [5.74, 6) is -0.498. The van der Waals surface area contributed by atoms with E-state index in [9.17, 15) is 23.9 Å². The van der Waals surface area contributed by atoms with Gasteiger partial charge in [0.05, 0.1) is 24.0 Å². The molecule has 1 saturated heterocycles. The number of fused-ring (bicyclic) bond motifs is 1. The molecule has 0 atom stereocenters. The Balaban J connectivity index is 1.19. The molecule has 4 aromatic rings. The highest BCUT2D eigenvalue weighted by molar-refractivity contribution is 6.04. The molecule has 11 heteroatoms. The van der Waals surface area contributed by atoms with Crippen LogP contribution in [0.25, 0.3) is 16.7 Å². The number of nitrogens with zero attached hydrogens (tertiary/aromatic N) is 5. The van der Waals surface area contributed by atoms with Crippen LogP contribution < -0.4 is 10.9 Å². The van der Waals surface area contributed by atoms with E-state index in [4.69, 9.17) is 0 Å². The van der Waals surface area contributed by atoms with Gasteiger partial charge in [-0.1, -0.05) is 6.07 Å². The standard InChI is InChI=1S/C28H27FN6O4/c29-20-8-6-18(7-9-20)25(36)32-21-2-1-3-22(14-21)35-24-23(15-31-35)27(38)34(17-30-24)16-28(39)10-12-33(13-11-28)26(37)19-4-5-19/h1-3,6-9,14-15,17,19,39H,4-5,10-13,16H2,(H,32,36). The number of carbonyl (C=O) groups excluding carboxylic acids is 2. The fraction of sp³-hybridized carbons (Fsp3) is 0.321. The Morgan fingerprint density at radius 3 is 2.56 bits per heavy atom. The van der Waals surface area contributed by atoms with Crippen LogP contribution in [-0.2, 0) is 11.3 Å². The van der Waals surface area contributed by atoms with Gasteiger partial charge < -0.3 is 15.3 Å². The molecule has 2 amide bonds. The molecular formula is C28H27FN6O4. The molecule has 0 bridgehead atoms. The molecule has 2 aromatic carbocycles. The Kier molecular flexibility index (Phi) is 6.22. The van der Waals surface area contributed by atoms with Gasteiger partial charge in [0, 0.05) is 30.3 Å². The molecule has 2 N–H and O–H groups in total. The van der Waals surface area contributed by atoms with Crippen LogP contribution in [0.2, 0.25) is 0 Å². The number of nitrogens with one attached hydrogen (secondary N) is 1. The first-order chi connectivity index (χ1) is 18.8. The van der Waals surface area contributed by atoms with Crippen LogP contribution in [0.15, 0.2) is 65.8 Å². The number of amides is 2. The topological polar surface area (TPSA) is 122 Å². The number of rotatable bonds is 6. The van der Waals surface area contributed by atoms with Gasteiger partial charge in [-0.15, -0.1) is 0 Å². The first-order valence-corrected chi connectivity index (χ1v) is 12.9. The van der Waals surface area contributed by atoms with Crippen LogP contribution in [0.4, 0.5) is 10.1 Å². The highest BCUT2D eigenvalue weighted by Gasteiger charge is 2.39. The number of likely N-dealkylation sites (tertiary alicyclic amines) is 1. The molecule has 10 nitrogen and oxygen atoms in total. The normalized spacial score (nSPS) is 16.8. The molecule has 2 aliphatic rings. The second-order valence-electron chi connectivity index (χ2n) is 10.3. The average Bonchev–Trinajstić information content (AvgIpc) is 3.69. The molecule has 0 unspecified atom stereocenters. The Hall–Kier alpha value is -4.38. The quantitative estimate of drug-likeness (QED) is 0.395. The number of anilines is 1. The van der Waals surface area contributed by atoms with Gasteiger partial charge in [-0.05, 0) is 68.1 Å². The maximum atomic E-state index is 13.3. The lowest BCUT2D eigenvalue weighted by atomic mass is 9.91. The van der Waals surface area contributed by atoms with Crippen molar-refractivity contribution < 1.29 is 19.1 Å². The average molecular weight is 531 g/mol. The molecule has 1 aliphatic heterocycles. The van der Waals surface area contributed by atoms with E-state index in [0.717, 1.165) is 12.8 Å². The summed E-state index contributed by atoms with van der Waals surface area (Å²) < 4.78 is 16.1. The Morgan fingerprint density at radius 2 is 1.85 bits per heavy atom. The maximum Gasteiger partial charge on any atom is 0.264 e. The van der Waals surface area contributed by atoms with Crippen LogP contribution in [-0.4, -0.2) is 59.8 Å². The van der Waals surface area contributed by atoms with Gasteiger partial charge in [-0.25, -0.2) is 14.1 Å². The molecule has 2 fully saturated rings. The highest BCUT2D eigenvalue weighted by atomic mass is 19.1. The van der Waals surface area contributed by atoms with E-state index in [1.165, 1.54) is 46.0 Å². The first-order valence-electron chi connectivity index (χ1n) is 12.9. The van der Waals surface area contributed by atoms with Crippen molar-refractivity contribution in [2.45, 2.75) is 37.8 Å². The number of hydrogen-bond donors (Lipinski definition) is 2. The van der Waals surface area contributed by atoms with Gasteiger partial charge in [0.25, 0.3) is 11.5 Å². The molecule has 1 saturated carbocycles. The molecule has 39 heavy (non-hydrogen) atoms. The molecular weight excluding hydrogens is 503 g/mol. The summed E-state index contributed by atoms with van der Waals surface area (Å²) in [5, 5.41) is 18.6. The van der Waals surface area contributed by atoms with Gasteiger partial charge >= 0.3 is 0 Å². The van der Waals surface area contributed by atoms with E-state index in [0.29, 0.717) is 53.9 Å². The lowest BCUT2D eigenvalue weighted by Crippen LogP contribution is -2.50. The van der Waals surface area contributed by atoms with Crippen LogP contribution in [0, 0.1) is 11.7 Å². The smallest absolute Gasteiger partial charge is 0.264 e. The molecule has 0 radical (unpaired) electrons. The lowest BCUT2D eigenvalue weighted by Gasteiger charge is -2.38. The predicted molar refractivity (Wildman–Crippen MR) is 141 cm³/mol. The lowest BCUT2D eigenvalue weighted by molar-refractivity contribution is -0.137. The van der Waals surface area contributed by atoms with Crippen molar-refractivity contribution in [3.05, 3.63) is 82.8 Å². The van der Waals surface area contributed by atoms with Gasteiger partial charge in [-0.3, -0.25) is 19.0 Å². The number of benzene rings is 2. The highest BCUT2D eigenvalue weighted by Crippen LogP contribution is 2.33. The fourth-order valence-electron chi connectivity index (χ4n) is 4.98. The molecule has 1 aliphatic carbocycles. The van der Waals surface area contributed by atoms with Crippen LogP contribution >= 0.6 is 0 Å². The van der Waals surface area contributed by atoms with Crippen molar-refractivity contribution in [3.63, 3.8) is 0 Å². The summed E-state index contributed by atoms with van der Waals surface area (Å²) in [5.41, 5.74) is 0.305. The third-order valence-corrected chi connectivity index (χ3v) is 7.41. The van der Waals surface area contributed by atoms with Crippen LogP contribution in [0.5, 0.6) is 0 Å². The van der Waals surface area contributed by atoms with Gasteiger partial charge in [0.2, 0.25) is 5.91 Å². The summed E-state index contributed by atoms with van der Waals surface area (Å²) in [6.07, 6.45) is 5.53. The van der Waals surface area contributed by atoms with E-state index in [-0.39, 0.29) is 29.8 Å². The van der Waals surface area contributed by atoms with Crippen molar-refractivity contribution in [1.29, 1.82) is 0 Å². The Labute approximate surface area is 222 Å². The van der Waals surface area contributed by atoms with E-state index < -0.39 is 11.4 Å². The summed E-state index contributed by atoms with van der Waals surface area (Å²) in [6.45, 7) is 1.03. The number of aromatic nitrogens is 4. The molecule has 200 valence electrons. The maximum absolute atomic E-state index is 13.3. The summed E-state index contributed by atoms with van der Waals surface area (Å²) in [4.78, 5) is 44.4. The van der Waals surface area contributed by atoms with Crippen LogP contribution in [0.1, 0.15) is 36.0 Å². The Morgan fingerprint density at radius 1 is 1.10 bits per heavy atom. The monoisotopic (exact) mass is 530 g/mol.